The Morgan fingerprint density at radius 1 is 1.02 bits per heavy atom. The third kappa shape index (κ3) is 7.56. The normalized spacial score (nSPS) is 12.5. The van der Waals surface area contributed by atoms with Crippen molar-refractivity contribution >= 4 is 39.1 Å². The molecule has 3 aromatic rings. The topological polar surface area (TPSA) is 86.8 Å². The molecule has 13 heteroatoms. The first kappa shape index (κ1) is 31.9. The van der Waals surface area contributed by atoms with Crippen molar-refractivity contribution in [2.24, 2.45) is 0 Å². The molecule has 0 bridgehead atoms. The molecule has 0 aliphatic carbocycles. The number of aryl methyl sites for hydroxylation is 1. The Kier molecular flexibility index (Phi) is 10.0. The van der Waals surface area contributed by atoms with Gasteiger partial charge in [0.15, 0.2) is 0 Å². The van der Waals surface area contributed by atoms with Crippen LogP contribution in [0.15, 0.2) is 71.6 Å². The molecular weight excluding hydrogens is 586 g/mol. The lowest BCUT2D eigenvalue weighted by Crippen LogP contribution is -2.51. The fourth-order valence-electron chi connectivity index (χ4n) is 3.97. The second kappa shape index (κ2) is 12.9. The van der Waals surface area contributed by atoms with Crippen molar-refractivity contribution in [1.82, 2.24) is 10.2 Å². The van der Waals surface area contributed by atoms with Gasteiger partial charge >= 0.3 is 6.18 Å². The van der Waals surface area contributed by atoms with E-state index in [0.29, 0.717) is 10.4 Å². The lowest BCUT2D eigenvalue weighted by Gasteiger charge is -2.32. The number of nitrogens with one attached hydrogen (secondary N) is 1. The first-order valence-corrected chi connectivity index (χ1v) is 14.2. The molecule has 0 fully saturated rings. The molecule has 2 amide bonds. The van der Waals surface area contributed by atoms with Gasteiger partial charge in [-0.15, -0.1) is 0 Å². The molecule has 3 rings (SSSR count). The summed E-state index contributed by atoms with van der Waals surface area (Å²) in [7, 11) is -4.61. The van der Waals surface area contributed by atoms with E-state index in [2.05, 4.69) is 5.32 Å². The van der Waals surface area contributed by atoms with Crippen LogP contribution >= 0.6 is 11.6 Å². The van der Waals surface area contributed by atoms with Crippen LogP contribution in [0.3, 0.4) is 0 Å². The Labute approximate surface area is 240 Å². The SMILES string of the molecule is CCNC(=O)[C@@H](C)N(Cc1ccccc1F)C(=O)CN(c1ccc(Cl)c(C(F)(F)F)c1)S(=O)(=O)c1ccc(C)cc1. The molecule has 0 spiro atoms. The first-order valence-electron chi connectivity index (χ1n) is 12.4. The van der Waals surface area contributed by atoms with Crippen LogP contribution in [0.4, 0.5) is 23.2 Å². The van der Waals surface area contributed by atoms with Crippen molar-refractivity contribution in [3.8, 4) is 0 Å². The summed E-state index contributed by atoms with van der Waals surface area (Å²) in [4.78, 5) is 27.1. The molecule has 0 unspecified atom stereocenters. The molecule has 7 nitrogen and oxygen atoms in total. The van der Waals surface area contributed by atoms with E-state index in [1.807, 2.05) is 0 Å². The molecule has 0 heterocycles. The predicted molar refractivity (Wildman–Crippen MR) is 147 cm³/mol. The average Bonchev–Trinajstić information content (AvgIpc) is 2.91. The molecule has 0 aromatic heterocycles. The second-order valence-corrected chi connectivity index (χ2v) is 11.4. The molecule has 0 saturated carbocycles. The minimum Gasteiger partial charge on any atom is -0.355 e. The lowest BCUT2D eigenvalue weighted by molar-refractivity contribution is -0.139. The highest BCUT2D eigenvalue weighted by Gasteiger charge is 2.37. The molecule has 1 N–H and O–H groups in total. The van der Waals surface area contributed by atoms with E-state index < -0.39 is 69.2 Å². The van der Waals surface area contributed by atoms with E-state index in [-0.39, 0.29) is 17.0 Å². The number of rotatable bonds is 10. The van der Waals surface area contributed by atoms with Crippen LogP contribution in [0.2, 0.25) is 5.02 Å². The van der Waals surface area contributed by atoms with Crippen LogP contribution in [0.25, 0.3) is 0 Å². The van der Waals surface area contributed by atoms with Gasteiger partial charge in [0.2, 0.25) is 11.8 Å². The van der Waals surface area contributed by atoms with Crippen LogP contribution in [0, 0.1) is 12.7 Å². The Morgan fingerprint density at radius 2 is 1.66 bits per heavy atom. The number of benzene rings is 3. The van der Waals surface area contributed by atoms with Crippen LogP contribution in [0.1, 0.15) is 30.5 Å². The van der Waals surface area contributed by atoms with Crippen molar-refractivity contribution in [1.29, 1.82) is 0 Å². The smallest absolute Gasteiger partial charge is 0.355 e. The number of nitrogens with zero attached hydrogens (tertiary/aromatic N) is 2. The Hall–Kier alpha value is -3.64. The standard InChI is InChI=1S/C28H28ClF4N3O4S/c1-4-34-27(38)19(3)35(16-20-7-5-6-8-25(20)30)26(37)17-36(41(39,40)22-12-9-18(2)10-13-22)21-11-14-24(29)23(15-21)28(31,32)33/h5-15,19H,4,16-17H2,1-3H3,(H,34,38)/t19-/m1/s1. The molecular formula is C28H28ClF4N3O4S. The summed E-state index contributed by atoms with van der Waals surface area (Å²) in [6, 6.07) is 12.3. The van der Waals surface area contributed by atoms with Gasteiger partial charge in [-0.2, -0.15) is 13.2 Å². The van der Waals surface area contributed by atoms with Crippen LogP contribution in [-0.2, 0) is 32.3 Å². The van der Waals surface area contributed by atoms with E-state index in [9.17, 15) is 35.6 Å². The molecule has 3 aromatic carbocycles. The number of likely N-dealkylation sites (N-methyl/N-ethyl adjacent to an activating group) is 1. The molecule has 0 aliphatic rings. The van der Waals surface area contributed by atoms with Gasteiger partial charge in [0.25, 0.3) is 10.0 Å². The van der Waals surface area contributed by atoms with Gasteiger partial charge < -0.3 is 10.2 Å². The van der Waals surface area contributed by atoms with E-state index >= 15 is 0 Å². The minimum atomic E-state index is -4.92. The summed E-state index contributed by atoms with van der Waals surface area (Å²) in [6.07, 6.45) is -4.92. The number of anilines is 1. The van der Waals surface area contributed by atoms with Crippen molar-refractivity contribution in [2.45, 2.75) is 44.4 Å². The molecule has 220 valence electrons. The van der Waals surface area contributed by atoms with Crippen molar-refractivity contribution in [3.05, 3.63) is 94.3 Å². The predicted octanol–water partition coefficient (Wildman–Crippen LogP) is 5.56. The van der Waals surface area contributed by atoms with E-state index in [0.717, 1.165) is 28.7 Å². The van der Waals surface area contributed by atoms with Gasteiger partial charge in [-0.25, -0.2) is 12.8 Å². The molecule has 0 aliphatic heterocycles. The van der Waals surface area contributed by atoms with E-state index in [1.165, 1.54) is 49.4 Å². The van der Waals surface area contributed by atoms with Gasteiger partial charge in [-0.3, -0.25) is 13.9 Å². The molecule has 1 atom stereocenters. The van der Waals surface area contributed by atoms with Crippen LogP contribution < -0.4 is 9.62 Å². The molecule has 41 heavy (non-hydrogen) atoms. The van der Waals surface area contributed by atoms with Gasteiger partial charge in [-0.05, 0) is 57.2 Å². The third-order valence-electron chi connectivity index (χ3n) is 6.25. The average molecular weight is 614 g/mol. The van der Waals surface area contributed by atoms with Gasteiger partial charge in [-0.1, -0.05) is 47.5 Å². The highest BCUT2D eigenvalue weighted by molar-refractivity contribution is 7.92. The fraction of sp³-hybridized carbons (Fsp3) is 0.286. The number of hydrogen-bond donors (Lipinski definition) is 1. The van der Waals surface area contributed by atoms with Gasteiger partial charge in [0.05, 0.1) is 21.2 Å². The number of alkyl halides is 3. The first-order chi connectivity index (χ1) is 19.2. The van der Waals surface area contributed by atoms with Crippen LogP contribution in [0.5, 0.6) is 0 Å². The zero-order valence-electron chi connectivity index (χ0n) is 22.4. The van der Waals surface area contributed by atoms with E-state index in [1.54, 1.807) is 13.8 Å². The number of hydrogen-bond acceptors (Lipinski definition) is 4. The zero-order valence-corrected chi connectivity index (χ0v) is 23.9. The number of carbonyl (C=O) groups excluding carboxylic acids is 2. The second-order valence-electron chi connectivity index (χ2n) is 9.17. The number of sulfonamides is 1. The van der Waals surface area contributed by atoms with E-state index in [4.69, 9.17) is 11.6 Å². The maximum absolute atomic E-state index is 14.5. The Balaban J connectivity index is 2.14. The zero-order chi connectivity index (χ0) is 30.5. The van der Waals surface area contributed by atoms with Crippen molar-refractivity contribution in [3.63, 3.8) is 0 Å². The Morgan fingerprint density at radius 3 is 2.24 bits per heavy atom. The maximum Gasteiger partial charge on any atom is 0.417 e. The lowest BCUT2D eigenvalue weighted by atomic mass is 10.1. The Bertz CT molecular complexity index is 1520. The quantitative estimate of drug-likeness (QED) is 0.304. The monoisotopic (exact) mass is 613 g/mol. The summed E-state index contributed by atoms with van der Waals surface area (Å²) in [6.45, 7) is 3.58. The molecule has 0 radical (unpaired) electrons. The summed E-state index contributed by atoms with van der Waals surface area (Å²) in [5.41, 5.74) is -1.00. The van der Waals surface area contributed by atoms with Crippen molar-refractivity contribution in [2.75, 3.05) is 17.4 Å². The maximum atomic E-state index is 14.5. The third-order valence-corrected chi connectivity index (χ3v) is 8.37. The van der Waals surface area contributed by atoms with Gasteiger partial charge in [0.1, 0.15) is 18.4 Å². The highest BCUT2D eigenvalue weighted by atomic mass is 35.5. The van der Waals surface area contributed by atoms with Gasteiger partial charge in [0, 0.05) is 18.7 Å². The fourth-order valence-corrected chi connectivity index (χ4v) is 5.60. The van der Waals surface area contributed by atoms with Crippen molar-refractivity contribution < 1.29 is 35.6 Å². The summed E-state index contributed by atoms with van der Waals surface area (Å²) < 4.78 is 83.6. The number of carbonyl (C=O) groups is 2. The number of amides is 2. The summed E-state index contributed by atoms with van der Waals surface area (Å²) in [5, 5.41) is 1.90. The largest absolute Gasteiger partial charge is 0.417 e. The summed E-state index contributed by atoms with van der Waals surface area (Å²) in [5.74, 6) is -2.20. The number of halogens is 5. The van der Waals surface area contributed by atoms with Crippen LogP contribution in [-0.4, -0.2) is 44.3 Å². The summed E-state index contributed by atoms with van der Waals surface area (Å²) >= 11 is 5.76. The molecule has 0 saturated heterocycles. The minimum absolute atomic E-state index is 0.0517. The highest BCUT2D eigenvalue weighted by Crippen LogP contribution is 2.38.